The molecule has 212 valence electrons. The first-order valence-electron chi connectivity index (χ1n) is 12.4. The largest absolute Gasteiger partial charge is 0.508 e. The molecule has 3 aromatic rings. The molecule has 0 spiro atoms. The Bertz CT molecular complexity index is 1290. The third-order valence-corrected chi connectivity index (χ3v) is 6.03. The van der Waals surface area contributed by atoms with Gasteiger partial charge in [-0.05, 0) is 42.3 Å². The van der Waals surface area contributed by atoms with Crippen molar-refractivity contribution in [2.24, 2.45) is 5.73 Å². The zero-order valence-electron chi connectivity index (χ0n) is 21.7. The molecule has 2 aromatic carbocycles. The molecule has 13 heteroatoms. The van der Waals surface area contributed by atoms with Crippen LogP contribution in [0.1, 0.15) is 23.7 Å². The number of aromatic nitrogens is 2. The molecule has 3 rings (SSSR count). The Balaban J connectivity index is 1.83. The Hall–Kier alpha value is -4.91. The van der Waals surface area contributed by atoms with E-state index in [0.29, 0.717) is 16.8 Å². The number of benzene rings is 2. The van der Waals surface area contributed by atoms with E-state index in [4.69, 9.17) is 5.73 Å². The highest BCUT2D eigenvalue weighted by molar-refractivity contribution is 5.94. The Morgan fingerprint density at radius 1 is 0.775 bits per heavy atom. The number of hydrogen-bond acceptors (Lipinski definition) is 8. The maximum absolute atomic E-state index is 13.4. The lowest BCUT2D eigenvalue weighted by atomic mass is 10.0. The van der Waals surface area contributed by atoms with Gasteiger partial charge in [0.05, 0.1) is 12.4 Å². The molecule has 0 fully saturated rings. The molecule has 0 saturated heterocycles. The second-order valence-electron chi connectivity index (χ2n) is 9.33. The summed E-state index contributed by atoms with van der Waals surface area (Å²) in [5.41, 5.74) is 7.34. The van der Waals surface area contributed by atoms with Crippen molar-refractivity contribution in [3.63, 3.8) is 0 Å². The molecule has 0 bridgehead atoms. The van der Waals surface area contributed by atoms with Gasteiger partial charge in [0.25, 0.3) is 0 Å². The van der Waals surface area contributed by atoms with E-state index >= 15 is 0 Å². The van der Waals surface area contributed by atoms with Gasteiger partial charge < -0.3 is 42.0 Å². The van der Waals surface area contributed by atoms with Gasteiger partial charge in [-0.2, -0.15) is 0 Å². The van der Waals surface area contributed by atoms with Crippen LogP contribution in [0.2, 0.25) is 0 Å². The van der Waals surface area contributed by atoms with E-state index < -0.39 is 47.9 Å². The second-order valence-corrected chi connectivity index (χ2v) is 9.33. The van der Waals surface area contributed by atoms with Gasteiger partial charge in [-0.15, -0.1) is 0 Å². The number of carboxylic acids is 1. The highest BCUT2D eigenvalue weighted by Gasteiger charge is 2.30. The summed E-state index contributed by atoms with van der Waals surface area (Å²) in [6, 6.07) is 7.24. The van der Waals surface area contributed by atoms with Gasteiger partial charge in [-0.25, -0.2) is 9.78 Å². The quantitative estimate of drug-likeness (QED) is 0.140. The molecule has 3 amide bonds. The third kappa shape index (κ3) is 8.84. The van der Waals surface area contributed by atoms with Crippen molar-refractivity contribution < 1.29 is 34.5 Å². The Morgan fingerprint density at radius 3 is 1.68 bits per heavy atom. The molecule has 0 aliphatic heterocycles. The highest BCUT2D eigenvalue weighted by Crippen LogP contribution is 2.14. The second kappa shape index (κ2) is 13.8. The molecule has 0 radical (unpaired) electrons. The van der Waals surface area contributed by atoms with E-state index in [0.717, 1.165) is 0 Å². The van der Waals surface area contributed by atoms with Crippen LogP contribution in [0.4, 0.5) is 0 Å². The number of carbonyl (C=O) groups is 4. The Morgan fingerprint density at radius 2 is 1.23 bits per heavy atom. The van der Waals surface area contributed by atoms with Crippen LogP contribution in [0.5, 0.6) is 11.5 Å². The maximum Gasteiger partial charge on any atom is 0.326 e. The van der Waals surface area contributed by atoms with Crippen molar-refractivity contribution >= 4 is 23.7 Å². The van der Waals surface area contributed by atoms with E-state index in [1.54, 1.807) is 12.1 Å². The van der Waals surface area contributed by atoms with E-state index in [2.05, 4.69) is 25.9 Å². The first-order valence-corrected chi connectivity index (χ1v) is 12.4. The van der Waals surface area contributed by atoms with E-state index in [9.17, 15) is 34.5 Å². The zero-order valence-corrected chi connectivity index (χ0v) is 21.7. The first kappa shape index (κ1) is 29.6. The number of hydrogen-bond donors (Lipinski definition) is 8. The summed E-state index contributed by atoms with van der Waals surface area (Å²) in [4.78, 5) is 57.8. The SMILES string of the molecule is CC(N)C(=O)NC(Cc1cnc[nH]1)C(=O)NC(Cc1ccc(O)cc1)C(=O)NC(Cc1ccc(O)cc1)C(=O)O. The van der Waals surface area contributed by atoms with Gasteiger partial charge >= 0.3 is 5.97 Å². The lowest BCUT2D eigenvalue weighted by Gasteiger charge is -2.25. The van der Waals surface area contributed by atoms with Gasteiger partial charge in [-0.1, -0.05) is 24.3 Å². The van der Waals surface area contributed by atoms with Crippen LogP contribution in [0.15, 0.2) is 61.1 Å². The van der Waals surface area contributed by atoms with Crippen molar-refractivity contribution in [2.45, 2.75) is 50.4 Å². The van der Waals surface area contributed by atoms with E-state index in [1.165, 1.54) is 55.8 Å². The molecule has 4 unspecified atom stereocenters. The first-order chi connectivity index (χ1) is 19.0. The summed E-state index contributed by atoms with van der Waals surface area (Å²) >= 11 is 0. The summed E-state index contributed by atoms with van der Waals surface area (Å²) < 4.78 is 0. The molecule has 9 N–H and O–H groups in total. The normalized spacial score (nSPS) is 13.8. The molecule has 0 aliphatic carbocycles. The van der Waals surface area contributed by atoms with E-state index in [1.807, 2.05) is 0 Å². The van der Waals surface area contributed by atoms with Crippen LogP contribution in [-0.4, -0.2) is 73.1 Å². The number of rotatable bonds is 13. The average molecular weight is 553 g/mol. The van der Waals surface area contributed by atoms with Crippen LogP contribution < -0.4 is 21.7 Å². The number of imidazole rings is 1. The number of phenols is 2. The predicted octanol–water partition coefficient (Wildman–Crippen LogP) is -0.265. The maximum atomic E-state index is 13.4. The van der Waals surface area contributed by atoms with Crippen molar-refractivity contribution in [2.75, 3.05) is 0 Å². The summed E-state index contributed by atoms with van der Waals surface area (Å²) in [6.45, 7) is 1.46. The van der Waals surface area contributed by atoms with E-state index in [-0.39, 0.29) is 30.8 Å². The number of phenolic OH excluding ortho intramolecular Hbond substituents is 2. The number of amides is 3. The fourth-order valence-corrected chi connectivity index (χ4v) is 3.82. The molecule has 0 aliphatic rings. The molecular formula is C27H32N6O7. The third-order valence-electron chi connectivity index (χ3n) is 6.03. The fourth-order valence-electron chi connectivity index (χ4n) is 3.82. The van der Waals surface area contributed by atoms with Crippen LogP contribution in [0.3, 0.4) is 0 Å². The predicted molar refractivity (Wildman–Crippen MR) is 143 cm³/mol. The Labute approximate surface area is 229 Å². The van der Waals surface area contributed by atoms with Gasteiger partial charge in [0, 0.05) is 31.2 Å². The van der Waals surface area contributed by atoms with Gasteiger partial charge in [0.1, 0.15) is 29.6 Å². The monoisotopic (exact) mass is 552 g/mol. The molecule has 1 heterocycles. The molecular weight excluding hydrogens is 520 g/mol. The Kier molecular flexibility index (Phi) is 10.2. The van der Waals surface area contributed by atoms with Crippen LogP contribution in [0, 0.1) is 0 Å². The number of aliphatic carboxylic acids is 1. The zero-order chi connectivity index (χ0) is 29.2. The minimum atomic E-state index is -1.34. The van der Waals surface area contributed by atoms with Crippen LogP contribution in [0.25, 0.3) is 0 Å². The summed E-state index contributed by atoms with van der Waals surface area (Å²) in [5.74, 6) is -3.33. The van der Waals surface area contributed by atoms with Crippen LogP contribution in [-0.2, 0) is 38.4 Å². The topological polar surface area (TPSA) is 220 Å². The molecule has 4 atom stereocenters. The standard InChI is InChI=1S/C27H32N6O7/c1-15(28)24(36)31-22(12-18-13-29-14-30-18)26(38)32-21(10-16-2-6-19(34)7-3-16)25(37)33-23(27(39)40)11-17-4-8-20(35)9-5-17/h2-9,13-15,21-23,34-35H,10-12,28H2,1H3,(H,29,30)(H,31,36)(H,32,38)(H,33,37)(H,39,40). The number of nitrogens with zero attached hydrogens (tertiary/aromatic N) is 1. The van der Waals surface area contributed by atoms with Gasteiger partial charge in [0.2, 0.25) is 17.7 Å². The fraction of sp³-hybridized carbons (Fsp3) is 0.296. The number of carbonyl (C=O) groups excluding carboxylic acids is 3. The summed E-state index contributed by atoms with van der Waals surface area (Å²) in [6.07, 6.45) is 2.81. The van der Waals surface area contributed by atoms with Crippen molar-refractivity contribution in [3.05, 3.63) is 77.9 Å². The van der Waals surface area contributed by atoms with Gasteiger partial charge in [-0.3, -0.25) is 14.4 Å². The van der Waals surface area contributed by atoms with Gasteiger partial charge in [0.15, 0.2) is 0 Å². The number of carboxylic acid groups (broad SMARTS) is 1. The molecule has 1 aromatic heterocycles. The number of nitrogens with one attached hydrogen (secondary N) is 4. The lowest BCUT2D eigenvalue weighted by molar-refractivity contribution is -0.142. The smallest absolute Gasteiger partial charge is 0.326 e. The summed E-state index contributed by atoms with van der Waals surface area (Å²) in [7, 11) is 0. The average Bonchev–Trinajstić information content (AvgIpc) is 3.43. The van der Waals surface area contributed by atoms with Crippen molar-refractivity contribution in [1.29, 1.82) is 0 Å². The lowest BCUT2D eigenvalue weighted by Crippen LogP contribution is -2.58. The minimum absolute atomic E-state index is 0.00636. The molecule has 13 nitrogen and oxygen atoms in total. The number of aromatic amines is 1. The highest BCUT2D eigenvalue weighted by atomic mass is 16.4. The van der Waals surface area contributed by atoms with Crippen LogP contribution >= 0.6 is 0 Å². The van der Waals surface area contributed by atoms with Crippen molar-refractivity contribution in [3.8, 4) is 11.5 Å². The summed E-state index contributed by atoms with van der Waals surface area (Å²) in [5, 5.41) is 36.5. The molecule has 0 saturated carbocycles. The number of H-pyrrole nitrogens is 1. The number of nitrogens with two attached hydrogens (primary N) is 1. The number of aromatic hydroxyl groups is 2. The molecule has 40 heavy (non-hydrogen) atoms. The minimum Gasteiger partial charge on any atom is -0.508 e. The van der Waals surface area contributed by atoms with Crippen molar-refractivity contribution in [1.82, 2.24) is 25.9 Å².